The number of rotatable bonds is 3. The molecule has 2 unspecified atom stereocenters. The highest BCUT2D eigenvalue weighted by molar-refractivity contribution is 4.81. The van der Waals surface area contributed by atoms with Crippen molar-refractivity contribution < 1.29 is 4.39 Å². The van der Waals surface area contributed by atoms with Gasteiger partial charge in [-0.15, -0.1) is 0 Å². The van der Waals surface area contributed by atoms with Gasteiger partial charge in [0.1, 0.15) is 6.67 Å². The van der Waals surface area contributed by atoms with Crippen LogP contribution in [0.15, 0.2) is 0 Å². The van der Waals surface area contributed by atoms with E-state index in [4.69, 9.17) is 5.73 Å². The minimum absolute atomic E-state index is 0.230. The predicted octanol–water partition coefficient (Wildman–Crippen LogP) is 1.02. The van der Waals surface area contributed by atoms with E-state index in [1.54, 1.807) is 0 Å². The third-order valence-corrected chi connectivity index (χ3v) is 2.80. The van der Waals surface area contributed by atoms with Gasteiger partial charge in [0.15, 0.2) is 0 Å². The highest BCUT2D eigenvalue weighted by atomic mass is 19.1. The third-order valence-electron chi connectivity index (χ3n) is 2.80. The van der Waals surface area contributed by atoms with E-state index in [2.05, 4.69) is 11.8 Å². The molecule has 0 aliphatic carbocycles. The zero-order valence-corrected chi connectivity index (χ0v) is 7.80. The maximum atomic E-state index is 12.0. The summed E-state index contributed by atoms with van der Waals surface area (Å²) in [5, 5.41) is 0. The van der Waals surface area contributed by atoms with Crippen molar-refractivity contribution in [1.29, 1.82) is 0 Å². The molecule has 1 aliphatic rings. The molecule has 1 aliphatic heterocycles. The summed E-state index contributed by atoms with van der Waals surface area (Å²) in [5.41, 5.74) is 5.93. The lowest BCUT2D eigenvalue weighted by molar-refractivity contribution is 0.143. The lowest BCUT2D eigenvalue weighted by atomic mass is 9.91. The van der Waals surface area contributed by atoms with Crippen molar-refractivity contribution in [3.8, 4) is 0 Å². The first-order valence-corrected chi connectivity index (χ1v) is 4.81. The van der Waals surface area contributed by atoms with Crippen molar-refractivity contribution in [3.63, 3.8) is 0 Å². The Labute approximate surface area is 73.9 Å². The summed E-state index contributed by atoms with van der Waals surface area (Å²) >= 11 is 0. The van der Waals surface area contributed by atoms with Crippen LogP contribution in [0.5, 0.6) is 0 Å². The molecule has 3 heteroatoms. The standard InChI is InChI=1S/C9H19FN2/c1-2-8-7-12(6-4-10)5-3-9(8)11/h8-9H,2-7,11H2,1H3. The van der Waals surface area contributed by atoms with Gasteiger partial charge in [-0.1, -0.05) is 13.3 Å². The van der Waals surface area contributed by atoms with E-state index in [0.717, 1.165) is 25.9 Å². The molecule has 1 heterocycles. The van der Waals surface area contributed by atoms with Gasteiger partial charge in [0.2, 0.25) is 0 Å². The van der Waals surface area contributed by atoms with Crippen molar-refractivity contribution in [3.05, 3.63) is 0 Å². The smallest absolute Gasteiger partial charge is 0.102 e. The zero-order chi connectivity index (χ0) is 8.97. The molecule has 12 heavy (non-hydrogen) atoms. The minimum atomic E-state index is -0.230. The van der Waals surface area contributed by atoms with Crippen LogP contribution < -0.4 is 5.73 Å². The maximum absolute atomic E-state index is 12.0. The number of alkyl halides is 1. The molecule has 72 valence electrons. The summed E-state index contributed by atoms with van der Waals surface area (Å²) < 4.78 is 12.0. The van der Waals surface area contributed by atoms with E-state index in [1.165, 1.54) is 0 Å². The Balaban J connectivity index is 2.33. The lowest BCUT2D eigenvalue weighted by Crippen LogP contribution is -2.47. The highest BCUT2D eigenvalue weighted by Gasteiger charge is 2.24. The molecule has 2 N–H and O–H groups in total. The fourth-order valence-electron chi connectivity index (χ4n) is 1.88. The molecular formula is C9H19FN2. The first kappa shape index (κ1) is 9.93. The summed E-state index contributed by atoms with van der Waals surface area (Å²) in [4.78, 5) is 2.18. The Hall–Kier alpha value is -0.150. The molecule has 0 bridgehead atoms. The van der Waals surface area contributed by atoms with E-state index in [9.17, 15) is 4.39 Å². The molecule has 2 atom stereocenters. The van der Waals surface area contributed by atoms with Gasteiger partial charge in [-0.25, -0.2) is 4.39 Å². The second-order valence-electron chi connectivity index (χ2n) is 3.61. The molecule has 1 rings (SSSR count). The van der Waals surface area contributed by atoms with Gasteiger partial charge in [-0.2, -0.15) is 0 Å². The van der Waals surface area contributed by atoms with Crippen LogP contribution in [0.4, 0.5) is 4.39 Å². The van der Waals surface area contributed by atoms with E-state index in [0.29, 0.717) is 18.5 Å². The SMILES string of the molecule is CCC1CN(CCF)CCC1N. The predicted molar refractivity (Wildman–Crippen MR) is 48.8 cm³/mol. The van der Waals surface area contributed by atoms with Crippen LogP contribution in [0, 0.1) is 5.92 Å². The summed E-state index contributed by atoms with van der Waals surface area (Å²) in [6.45, 7) is 4.47. The Bertz CT molecular complexity index is 130. The average molecular weight is 174 g/mol. The highest BCUT2D eigenvalue weighted by Crippen LogP contribution is 2.17. The van der Waals surface area contributed by atoms with Crippen molar-refractivity contribution in [2.75, 3.05) is 26.3 Å². The molecule has 0 saturated carbocycles. The number of nitrogens with zero attached hydrogens (tertiary/aromatic N) is 1. The number of nitrogens with two attached hydrogens (primary N) is 1. The number of piperidine rings is 1. The minimum Gasteiger partial charge on any atom is -0.327 e. The molecular weight excluding hydrogens is 155 g/mol. The van der Waals surface area contributed by atoms with Gasteiger partial charge >= 0.3 is 0 Å². The second-order valence-corrected chi connectivity index (χ2v) is 3.61. The molecule has 1 fully saturated rings. The first-order valence-electron chi connectivity index (χ1n) is 4.81. The Morgan fingerprint density at radius 1 is 1.58 bits per heavy atom. The van der Waals surface area contributed by atoms with Gasteiger partial charge in [-0.05, 0) is 18.9 Å². The van der Waals surface area contributed by atoms with Crippen LogP contribution in [-0.2, 0) is 0 Å². The van der Waals surface area contributed by atoms with Crippen molar-refractivity contribution in [1.82, 2.24) is 4.90 Å². The molecule has 0 spiro atoms. The van der Waals surface area contributed by atoms with Gasteiger partial charge < -0.3 is 10.6 Å². The van der Waals surface area contributed by atoms with Crippen molar-refractivity contribution in [2.24, 2.45) is 11.7 Å². The fourth-order valence-corrected chi connectivity index (χ4v) is 1.88. The zero-order valence-electron chi connectivity index (χ0n) is 7.80. The fraction of sp³-hybridized carbons (Fsp3) is 1.00. The molecule has 0 aromatic carbocycles. The first-order chi connectivity index (χ1) is 5.77. The van der Waals surface area contributed by atoms with Crippen LogP contribution in [0.3, 0.4) is 0 Å². The maximum Gasteiger partial charge on any atom is 0.102 e. The van der Waals surface area contributed by atoms with E-state index in [1.807, 2.05) is 0 Å². The number of halogens is 1. The quantitative estimate of drug-likeness (QED) is 0.692. The topological polar surface area (TPSA) is 29.3 Å². The van der Waals surface area contributed by atoms with Crippen LogP contribution >= 0.6 is 0 Å². The largest absolute Gasteiger partial charge is 0.327 e. The van der Waals surface area contributed by atoms with E-state index < -0.39 is 0 Å². The van der Waals surface area contributed by atoms with Crippen molar-refractivity contribution in [2.45, 2.75) is 25.8 Å². The lowest BCUT2D eigenvalue weighted by Gasteiger charge is -2.35. The Morgan fingerprint density at radius 3 is 2.92 bits per heavy atom. The summed E-state index contributed by atoms with van der Waals surface area (Å²) in [6.07, 6.45) is 2.14. The van der Waals surface area contributed by atoms with Crippen molar-refractivity contribution >= 4 is 0 Å². The van der Waals surface area contributed by atoms with Crippen LogP contribution in [-0.4, -0.2) is 37.3 Å². The summed E-state index contributed by atoms with van der Waals surface area (Å²) in [7, 11) is 0. The van der Waals surface area contributed by atoms with Gasteiger partial charge in [0.05, 0.1) is 0 Å². The molecule has 0 aromatic rings. The molecule has 0 radical (unpaired) electrons. The van der Waals surface area contributed by atoms with Crippen LogP contribution in [0.1, 0.15) is 19.8 Å². The van der Waals surface area contributed by atoms with Crippen LogP contribution in [0.2, 0.25) is 0 Å². The summed E-state index contributed by atoms with van der Waals surface area (Å²) in [6, 6.07) is 0.339. The van der Waals surface area contributed by atoms with E-state index >= 15 is 0 Å². The van der Waals surface area contributed by atoms with E-state index in [-0.39, 0.29) is 6.67 Å². The Kier molecular flexibility index (Phi) is 3.95. The number of likely N-dealkylation sites (tertiary alicyclic amines) is 1. The normalized spacial score (nSPS) is 32.2. The van der Waals surface area contributed by atoms with Crippen LogP contribution in [0.25, 0.3) is 0 Å². The molecule has 0 amide bonds. The van der Waals surface area contributed by atoms with Gasteiger partial charge in [-0.3, -0.25) is 0 Å². The molecule has 2 nitrogen and oxygen atoms in total. The van der Waals surface area contributed by atoms with Gasteiger partial charge in [0.25, 0.3) is 0 Å². The third kappa shape index (κ3) is 2.42. The van der Waals surface area contributed by atoms with Gasteiger partial charge in [0, 0.05) is 19.1 Å². The number of hydrogen-bond donors (Lipinski definition) is 1. The Morgan fingerprint density at radius 2 is 2.33 bits per heavy atom. The average Bonchev–Trinajstić information content (AvgIpc) is 2.09. The summed E-state index contributed by atoms with van der Waals surface area (Å²) in [5.74, 6) is 0.574. The second kappa shape index (κ2) is 4.77. The number of hydrogen-bond acceptors (Lipinski definition) is 2. The molecule has 0 aromatic heterocycles. The monoisotopic (exact) mass is 174 g/mol. The molecule has 1 saturated heterocycles.